The summed E-state index contributed by atoms with van der Waals surface area (Å²) in [4.78, 5) is 24.1. The summed E-state index contributed by atoms with van der Waals surface area (Å²) in [5.41, 5.74) is 1.31. The Morgan fingerprint density at radius 3 is 2.68 bits per heavy atom. The molecule has 2 saturated heterocycles. The summed E-state index contributed by atoms with van der Waals surface area (Å²) in [6, 6.07) is 7.59. The van der Waals surface area contributed by atoms with Gasteiger partial charge in [0.05, 0.1) is 18.0 Å². The quantitative estimate of drug-likeness (QED) is 0.920. The van der Waals surface area contributed by atoms with Gasteiger partial charge in [-0.2, -0.15) is 0 Å². The summed E-state index contributed by atoms with van der Waals surface area (Å²) in [6.07, 6.45) is 3.28. The Labute approximate surface area is 144 Å². The van der Waals surface area contributed by atoms with Gasteiger partial charge in [0.2, 0.25) is 5.95 Å². The van der Waals surface area contributed by atoms with Crippen molar-refractivity contribution in [2.24, 2.45) is 0 Å². The summed E-state index contributed by atoms with van der Waals surface area (Å²) in [5, 5.41) is 9.43. The first kappa shape index (κ1) is 16.0. The molecule has 7 heteroatoms. The number of piperazine rings is 1. The fourth-order valence-electron chi connectivity index (χ4n) is 3.97. The average molecular weight is 342 g/mol. The number of carboxylic acids is 1. The molecular formula is C18H19FN4O2. The fourth-order valence-corrected chi connectivity index (χ4v) is 3.97. The van der Waals surface area contributed by atoms with Crippen molar-refractivity contribution >= 4 is 11.9 Å². The zero-order valence-electron chi connectivity index (χ0n) is 13.7. The number of benzene rings is 1. The lowest BCUT2D eigenvalue weighted by Gasteiger charge is -2.37. The first-order chi connectivity index (χ1) is 12.1. The molecule has 2 aromatic rings. The molecule has 1 aromatic heterocycles. The Kier molecular flexibility index (Phi) is 4.09. The third kappa shape index (κ3) is 3.07. The predicted molar refractivity (Wildman–Crippen MR) is 90.3 cm³/mol. The molecule has 0 saturated carbocycles. The first-order valence-corrected chi connectivity index (χ1v) is 8.40. The lowest BCUT2D eigenvalue weighted by atomic mass is 9.92. The average Bonchev–Trinajstić information content (AvgIpc) is 3.05. The van der Waals surface area contributed by atoms with Crippen molar-refractivity contribution in [3.05, 3.63) is 53.6 Å². The van der Waals surface area contributed by atoms with Gasteiger partial charge in [-0.25, -0.2) is 19.2 Å². The Bertz CT molecular complexity index is 783. The highest BCUT2D eigenvalue weighted by Gasteiger charge is 2.38. The van der Waals surface area contributed by atoms with Crippen LogP contribution in [-0.4, -0.2) is 58.2 Å². The second kappa shape index (κ2) is 6.40. The first-order valence-electron chi connectivity index (χ1n) is 8.40. The zero-order chi connectivity index (χ0) is 17.4. The lowest BCUT2D eigenvalue weighted by molar-refractivity contribution is 0.0695. The number of carbonyl (C=O) groups is 1. The van der Waals surface area contributed by atoms with E-state index < -0.39 is 11.8 Å². The highest BCUT2D eigenvalue weighted by atomic mass is 19.1. The molecule has 0 radical (unpaired) electrons. The molecule has 2 atom stereocenters. The smallest absolute Gasteiger partial charge is 0.335 e. The molecule has 130 valence electrons. The minimum Gasteiger partial charge on any atom is -0.478 e. The minimum absolute atomic E-state index is 0.214. The number of hydrogen-bond donors (Lipinski definition) is 1. The molecule has 0 unspecified atom stereocenters. The highest BCUT2D eigenvalue weighted by molar-refractivity contribution is 5.89. The van der Waals surface area contributed by atoms with E-state index in [1.165, 1.54) is 12.4 Å². The van der Waals surface area contributed by atoms with Crippen molar-refractivity contribution in [3.8, 4) is 0 Å². The SMILES string of the molecule is O=C(O)c1ccccc1[C@@H]1C[C@H]2CN(c3ncc(F)cn3)CCN2C1. The lowest BCUT2D eigenvalue weighted by Crippen LogP contribution is -2.50. The molecule has 3 heterocycles. The molecule has 4 rings (SSSR count). The third-order valence-electron chi connectivity index (χ3n) is 5.14. The van der Waals surface area contributed by atoms with Crippen LogP contribution in [0.5, 0.6) is 0 Å². The molecule has 1 aromatic carbocycles. The maximum absolute atomic E-state index is 13.0. The number of halogens is 1. The third-order valence-corrected chi connectivity index (χ3v) is 5.14. The molecule has 0 aliphatic carbocycles. The number of nitrogens with zero attached hydrogens (tertiary/aromatic N) is 4. The van der Waals surface area contributed by atoms with E-state index in [1.807, 2.05) is 12.1 Å². The van der Waals surface area contributed by atoms with Gasteiger partial charge < -0.3 is 10.0 Å². The number of carboxylic acid groups (broad SMARTS) is 1. The van der Waals surface area contributed by atoms with Crippen LogP contribution in [-0.2, 0) is 0 Å². The van der Waals surface area contributed by atoms with Gasteiger partial charge in [-0.3, -0.25) is 4.90 Å². The summed E-state index contributed by atoms with van der Waals surface area (Å²) in [5.74, 6) is -0.544. The minimum atomic E-state index is -0.873. The van der Waals surface area contributed by atoms with Gasteiger partial charge in [0.15, 0.2) is 5.82 Å². The van der Waals surface area contributed by atoms with Crippen LogP contribution in [0, 0.1) is 5.82 Å². The number of aromatic nitrogens is 2. The van der Waals surface area contributed by atoms with Gasteiger partial charge in [0.25, 0.3) is 0 Å². The van der Waals surface area contributed by atoms with Crippen LogP contribution >= 0.6 is 0 Å². The standard InChI is InChI=1S/C18H19FN4O2/c19-13-8-20-18(21-9-13)23-6-5-22-10-12(7-14(22)11-23)15-3-1-2-4-16(15)17(24)25/h1-4,8-9,12,14H,5-7,10-11H2,(H,24,25)/t12-,14+/m1/s1. The monoisotopic (exact) mass is 342 g/mol. The van der Waals surface area contributed by atoms with Gasteiger partial charge in [0.1, 0.15) is 0 Å². The topological polar surface area (TPSA) is 69.6 Å². The molecule has 2 aliphatic rings. The van der Waals surface area contributed by atoms with Crippen molar-refractivity contribution < 1.29 is 14.3 Å². The second-order valence-electron chi connectivity index (χ2n) is 6.62. The van der Waals surface area contributed by atoms with Gasteiger partial charge in [-0.05, 0) is 24.0 Å². The van der Waals surface area contributed by atoms with E-state index in [4.69, 9.17) is 0 Å². The number of hydrogen-bond acceptors (Lipinski definition) is 5. The van der Waals surface area contributed by atoms with Crippen molar-refractivity contribution in [2.45, 2.75) is 18.4 Å². The van der Waals surface area contributed by atoms with Crippen molar-refractivity contribution in [1.82, 2.24) is 14.9 Å². The molecule has 0 amide bonds. The normalized spacial score (nSPS) is 23.5. The summed E-state index contributed by atoms with van der Waals surface area (Å²) < 4.78 is 13.0. The number of rotatable bonds is 3. The molecule has 2 aliphatic heterocycles. The van der Waals surface area contributed by atoms with Crippen molar-refractivity contribution in [2.75, 3.05) is 31.1 Å². The van der Waals surface area contributed by atoms with Crippen molar-refractivity contribution in [3.63, 3.8) is 0 Å². The van der Waals surface area contributed by atoms with E-state index in [0.717, 1.165) is 38.2 Å². The Hall–Kier alpha value is -2.54. The maximum Gasteiger partial charge on any atom is 0.335 e. The van der Waals surface area contributed by atoms with Crippen molar-refractivity contribution in [1.29, 1.82) is 0 Å². The van der Waals surface area contributed by atoms with Gasteiger partial charge in [-0.15, -0.1) is 0 Å². The molecule has 1 N–H and O–H groups in total. The van der Waals surface area contributed by atoms with Crippen LogP contribution in [0.1, 0.15) is 28.3 Å². The number of aromatic carboxylic acids is 1. The largest absolute Gasteiger partial charge is 0.478 e. The van der Waals surface area contributed by atoms with Gasteiger partial charge in [0, 0.05) is 32.2 Å². The van der Waals surface area contributed by atoms with Crippen LogP contribution in [0.15, 0.2) is 36.7 Å². The van der Waals surface area contributed by atoms with E-state index in [2.05, 4.69) is 19.8 Å². The van der Waals surface area contributed by atoms with E-state index in [9.17, 15) is 14.3 Å². The van der Waals surface area contributed by atoms with E-state index in [1.54, 1.807) is 12.1 Å². The number of anilines is 1. The molecule has 6 nitrogen and oxygen atoms in total. The molecule has 2 fully saturated rings. The number of fused-ring (bicyclic) bond motifs is 1. The molecular weight excluding hydrogens is 323 g/mol. The fraction of sp³-hybridized carbons (Fsp3) is 0.389. The van der Waals surface area contributed by atoms with Crippen LogP contribution in [0.4, 0.5) is 10.3 Å². The maximum atomic E-state index is 13.0. The van der Waals surface area contributed by atoms with Crippen LogP contribution in [0.2, 0.25) is 0 Å². The summed E-state index contributed by atoms with van der Waals surface area (Å²) >= 11 is 0. The summed E-state index contributed by atoms with van der Waals surface area (Å²) in [7, 11) is 0. The van der Waals surface area contributed by atoms with E-state index in [-0.39, 0.29) is 5.92 Å². The molecule has 0 spiro atoms. The van der Waals surface area contributed by atoms with Crippen LogP contribution in [0.3, 0.4) is 0 Å². The van der Waals surface area contributed by atoms with E-state index in [0.29, 0.717) is 17.6 Å². The van der Waals surface area contributed by atoms with Gasteiger partial charge in [-0.1, -0.05) is 18.2 Å². The van der Waals surface area contributed by atoms with Crippen LogP contribution < -0.4 is 4.90 Å². The zero-order valence-corrected chi connectivity index (χ0v) is 13.7. The Morgan fingerprint density at radius 1 is 1.16 bits per heavy atom. The van der Waals surface area contributed by atoms with Gasteiger partial charge >= 0.3 is 5.97 Å². The highest BCUT2D eigenvalue weighted by Crippen LogP contribution is 2.35. The Morgan fingerprint density at radius 2 is 1.92 bits per heavy atom. The molecule has 0 bridgehead atoms. The van der Waals surface area contributed by atoms with Crippen LogP contribution in [0.25, 0.3) is 0 Å². The predicted octanol–water partition coefficient (Wildman–Crippen LogP) is 1.99. The van der Waals surface area contributed by atoms with E-state index >= 15 is 0 Å². The summed E-state index contributed by atoms with van der Waals surface area (Å²) in [6.45, 7) is 3.30. The Balaban J connectivity index is 1.51. The molecule has 25 heavy (non-hydrogen) atoms. The second-order valence-corrected chi connectivity index (χ2v) is 6.62.